The Kier molecular flexibility index (Phi) is 6.70. The van der Waals surface area contributed by atoms with E-state index in [0.29, 0.717) is 0 Å². The van der Waals surface area contributed by atoms with Gasteiger partial charge in [-0.3, -0.25) is 0 Å². The first kappa shape index (κ1) is 21.5. The summed E-state index contributed by atoms with van der Waals surface area (Å²) in [7, 11) is -7.41. The SMILES string of the molecule is CCC[Si](C)(OC(C)(C)[Si](C)(C)O)C(C)(C)O[Si](C)(C)O. The van der Waals surface area contributed by atoms with Crippen molar-refractivity contribution in [2.45, 2.75) is 90.3 Å². The van der Waals surface area contributed by atoms with Gasteiger partial charge in [-0.25, -0.2) is 0 Å². The molecule has 0 bridgehead atoms. The van der Waals surface area contributed by atoms with E-state index in [1.165, 1.54) is 0 Å². The molecule has 4 nitrogen and oxygen atoms in total. The molecule has 0 spiro atoms. The van der Waals surface area contributed by atoms with Crippen molar-refractivity contribution in [2.24, 2.45) is 0 Å². The van der Waals surface area contributed by atoms with Crippen LogP contribution in [0.15, 0.2) is 0 Å². The normalized spacial score (nSPS) is 17.7. The van der Waals surface area contributed by atoms with Crippen LogP contribution in [-0.4, -0.2) is 45.2 Å². The van der Waals surface area contributed by atoms with E-state index >= 15 is 0 Å². The third kappa shape index (κ3) is 5.89. The lowest BCUT2D eigenvalue weighted by molar-refractivity contribution is 0.0739. The van der Waals surface area contributed by atoms with Crippen LogP contribution in [0.2, 0.25) is 38.8 Å². The van der Waals surface area contributed by atoms with E-state index in [9.17, 15) is 9.59 Å². The minimum atomic E-state index is -2.65. The minimum Gasteiger partial charge on any atom is -0.429 e. The fourth-order valence-corrected chi connectivity index (χ4v) is 9.94. The zero-order chi connectivity index (χ0) is 17.3. The van der Waals surface area contributed by atoms with Crippen molar-refractivity contribution < 1.29 is 18.4 Å². The van der Waals surface area contributed by atoms with Crippen LogP contribution in [0, 0.1) is 0 Å². The van der Waals surface area contributed by atoms with E-state index in [1.54, 1.807) is 13.1 Å². The van der Waals surface area contributed by atoms with Crippen molar-refractivity contribution in [3.8, 4) is 0 Å². The van der Waals surface area contributed by atoms with Crippen LogP contribution in [0.3, 0.4) is 0 Å². The predicted octanol–water partition coefficient (Wildman–Crippen LogP) is 3.53. The summed E-state index contributed by atoms with van der Waals surface area (Å²) >= 11 is 0. The van der Waals surface area contributed by atoms with Gasteiger partial charge < -0.3 is 18.4 Å². The molecule has 0 radical (unpaired) electrons. The summed E-state index contributed by atoms with van der Waals surface area (Å²) in [6.07, 6.45) is 1.01. The van der Waals surface area contributed by atoms with Gasteiger partial charge in [0.15, 0.2) is 0 Å². The van der Waals surface area contributed by atoms with Crippen molar-refractivity contribution in [2.75, 3.05) is 0 Å². The third-order valence-electron chi connectivity index (χ3n) is 4.46. The molecule has 0 aliphatic carbocycles. The van der Waals surface area contributed by atoms with Crippen molar-refractivity contribution >= 4 is 25.2 Å². The maximum atomic E-state index is 10.5. The molecule has 21 heavy (non-hydrogen) atoms. The molecule has 0 aromatic rings. The number of hydrogen-bond acceptors (Lipinski definition) is 4. The lowest BCUT2D eigenvalue weighted by Gasteiger charge is -2.50. The second-order valence-electron chi connectivity index (χ2n) is 8.21. The molecule has 0 heterocycles. The van der Waals surface area contributed by atoms with E-state index < -0.39 is 35.6 Å². The standard InChI is InChI=1S/C14H36O4Si3/c1-11-12-21(10,14(4,5)17-20(8,9)16)18-13(2,3)19(6,7)15/h15-16H,11-12H2,1-10H3. The van der Waals surface area contributed by atoms with Crippen molar-refractivity contribution in [3.63, 3.8) is 0 Å². The molecule has 0 fully saturated rings. The van der Waals surface area contributed by atoms with Gasteiger partial charge in [0.05, 0.1) is 10.4 Å². The van der Waals surface area contributed by atoms with Gasteiger partial charge in [-0.05, 0) is 66.5 Å². The molecule has 0 saturated carbocycles. The molecule has 0 amide bonds. The van der Waals surface area contributed by atoms with E-state index in [1.807, 2.05) is 40.8 Å². The largest absolute Gasteiger partial charge is 0.429 e. The first-order valence-electron chi connectivity index (χ1n) is 7.82. The van der Waals surface area contributed by atoms with Gasteiger partial charge in [0.2, 0.25) is 16.6 Å². The highest BCUT2D eigenvalue weighted by molar-refractivity contribution is 6.79. The Labute approximate surface area is 134 Å². The molecular formula is C14H36O4Si3. The van der Waals surface area contributed by atoms with E-state index in [2.05, 4.69) is 13.5 Å². The molecule has 0 saturated heterocycles. The van der Waals surface area contributed by atoms with E-state index in [0.717, 1.165) is 12.5 Å². The van der Waals surface area contributed by atoms with Crippen LogP contribution in [0.4, 0.5) is 0 Å². The molecule has 0 aliphatic rings. The summed E-state index contributed by atoms with van der Waals surface area (Å²) in [6.45, 7) is 19.7. The van der Waals surface area contributed by atoms with E-state index in [-0.39, 0.29) is 0 Å². The summed E-state index contributed by atoms with van der Waals surface area (Å²) in [5, 5.41) is -1.03. The van der Waals surface area contributed by atoms with Crippen LogP contribution < -0.4 is 0 Å². The average Bonchev–Trinajstić information content (AvgIpc) is 2.10. The van der Waals surface area contributed by atoms with Gasteiger partial charge >= 0.3 is 8.56 Å². The van der Waals surface area contributed by atoms with Crippen molar-refractivity contribution in [3.05, 3.63) is 0 Å². The Morgan fingerprint density at radius 2 is 1.24 bits per heavy atom. The predicted molar refractivity (Wildman–Crippen MR) is 96.4 cm³/mol. The van der Waals surface area contributed by atoms with Gasteiger partial charge in [-0.1, -0.05) is 13.3 Å². The van der Waals surface area contributed by atoms with Crippen LogP contribution in [0.1, 0.15) is 41.0 Å². The number of hydrogen-bond donors (Lipinski definition) is 2. The topological polar surface area (TPSA) is 58.9 Å². The van der Waals surface area contributed by atoms with Gasteiger partial charge in [0.25, 0.3) is 0 Å². The summed E-state index contributed by atoms with van der Waals surface area (Å²) in [4.78, 5) is 20.7. The molecule has 2 N–H and O–H groups in total. The number of rotatable bonds is 8. The molecule has 0 rings (SSSR count). The summed E-state index contributed by atoms with van der Waals surface area (Å²) in [5.41, 5.74) is 0. The third-order valence-corrected chi connectivity index (χ3v) is 14.0. The molecular weight excluding hydrogens is 316 g/mol. The maximum absolute atomic E-state index is 10.5. The Balaban J connectivity index is 5.53. The van der Waals surface area contributed by atoms with Crippen LogP contribution in [-0.2, 0) is 8.85 Å². The quantitative estimate of drug-likeness (QED) is 0.656. The highest BCUT2D eigenvalue weighted by Crippen LogP contribution is 2.37. The summed E-state index contributed by atoms with van der Waals surface area (Å²) < 4.78 is 12.6. The average molecular weight is 353 g/mol. The van der Waals surface area contributed by atoms with Gasteiger partial charge in [-0.15, -0.1) is 0 Å². The zero-order valence-electron chi connectivity index (χ0n) is 15.6. The molecule has 0 aliphatic heterocycles. The first-order valence-corrected chi connectivity index (χ1v) is 16.2. The van der Waals surface area contributed by atoms with Crippen LogP contribution >= 0.6 is 0 Å². The van der Waals surface area contributed by atoms with Gasteiger partial charge in [-0.2, -0.15) is 0 Å². The van der Waals surface area contributed by atoms with Gasteiger partial charge in [0.1, 0.15) is 0 Å². The fraction of sp³-hybridized carbons (Fsp3) is 1.00. The second-order valence-corrected chi connectivity index (χ2v) is 20.0. The van der Waals surface area contributed by atoms with Crippen molar-refractivity contribution in [1.29, 1.82) is 0 Å². The molecule has 1 atom stereocenters. The molecule has 128 valence electrons. The lowest BCUT2D eigenvalue weighted by atomic mass is 10.5. The van der Waals surface area contributed by atoms with Gasteiger partial charge in [0, 0.05) is 0 Å². The molecule has 7 heteroatoms. The lowest BCUT2D eigenvalue weighted by Crippen LogP contribution is -2.66. The monoisotopic (exact) mass is 352 g/mol. The summed E-state index contributed by atoms with van der Waals surface area (Å²) in [6, 6.07) is 0.943. The Bertz CT molecular complexity index is 345. The molecule has 0 aromatic carbocycles. The molecule has 1 unspecified atom stereocenters. The smallest absolute Gasteiger partial charge is 0.329 e. The van der Waals surface area contributed by atoms with Crippen LogP contribution in [0.25, 0.3) is 0 Å². The molecule has 0 aromatic heterocycles. The van der Waals surface area contributed by atoms with Crippen molar-refractivity contribution in [1.82, 2.24) is 0 Å². The Morgan fingerprint density at radius 3 is 1.52 bits per heavy atom. The zero-order valence-corrected chi connectivity index (χ0v) is 18.6. The Hall–Kier alpha value is 0.491. The first-order chi connectivity index (χ1) is 8.97. The second kappa shape index (κ2) is 6.54. The van der Waals surface area contributed by atoms with Crippen LogP contribution in [0.5, 0.6) is 0 Å². The fourth-order valence-electron chi connectivity index (χ4n) is 2.37. The van der Waals surface area contributed by atoms with E-state index in [4.69, 9.17) is 8.85 Å². The highest BCUT2D eigenvalue weighted by Gasteiger charge is 2.53. The summed E-state index contributed by atoms with van der Waals surface area (Å²) in [5.74, 6) is 0. The Morgan fingerprint density at radius 1 is 0.810 bits per heavy atom. The highest BCUT2D eigenvalue weighted by atomic mass is 28.4. The minimum absolute atomic E-state index is 0.496. The maximum Gasteiger partial charge on any atom is 0.329 e.